The smallest absolute Gasteiger partial charge is 0.191 e. The molecule has 0 aromatic heterocycles. The van der Waals surface area contributed by atoms with E-state index >= 15 is 0 Å². The Kier molecular flexibility index (Phi) is 4.78. The predicted molar refractivity (Wildman–Crippen MR) is 81.1 cm³/mol. The summed E-state index contributed by atoms with van der Waals surface area (Å²) in [4.78, 5) is 6.88. The number of hydrogen-bond acceptors (Lipinski definition) is 3. The number of piperidine rings is 1. The van der Waals surface area contributed by atoms with Crippen molar-refractivity contribution in [3.05, 3.63) is 0 Å². The van der Waals surface area contributed by atoms with Crippen LogP contribution in [-0.2, 0) is 4.74 Å². The zero-order valence-electron chi connectivity index (χ0n) is 12.6. The summed E-state index contributed by atoms with van der Waals surface area (Å²) in [5.74, 6) is 0.933. The van der Waals surface area contributed by atoms with Crippen molar-refractivity contribution in [3.63, 3.8) is 0 Å². The molecule has 0 aromatic carbocycles. The highest BCUT2D eigenvalue weighted by atomic mass is 16.5. The van der Waals surface area contributed by atoms with E-state index in [1.807, 2.05) is 7.05 Å². The van der Waals surface area contributed by atoms with Crippen molar-refractivity contribution >= 4 is 5.96 Å². The summed E-state index contributed by atoms with van der Waals surface area (Å²) in [7, 11) is 1.85. The molecule has 5 nitrogen and oxygen atoms in total. The Morgan fingerprint density at radius 2 is 2.10 bits per heavy atom. The first-order valence-electron chi connectivity index (χ1n) is 8.20. The van der Waals surface area contributed by atoms with Crippen LogP contribution in [0.25, 0.3) is 0 Å². The molecule has 3 atom stereocenters. The van der Waals surface area contributed by atoms with Crippen LogP contribution in [0, 0.1) is 0 Å². The van der Waals surface area contributed by atoms with Crippen LogP contribution in [-0.4, -0.2) is 62.3 Å². The molecule has 2 N–H and O–H groups in total. The minimum Gasteiger partial charge on any atom is -0.373 e. The lowest BCUT2D eigenvalue weighted by Gasteiger charge is -2.27. The third-order valence-corrected chi connectivity index (χ3v) is 4.82. The Morgan fingerprint density at radius 1 is 1.25 bits per heavy atom. The van der Waals surface area contributed by atoms with E-state index in [1.165, 1.54) is 45.2 Å². The van der Waals surface area contributed by atoms with Crippen molar-refractivity contribution < 1.29 is 4.74 Å². The Bertz CT molecular complexity index is 341. The van der Waals surface area contributed by atoms with Crippen LogP contribution >= 0.6 is 0 Å². The van der Waals surface area contributed by atoms with Crippen LogP contribution in [0.3, 0.4) is 0 Å². The Balaban J connectivity index is 1.37. The van der Waals surface area contributed by atoms with Gasteiger partial charge in [0.1, 0.15) is 0 Å². The molecule has 3 rings (SSSR count). The Morgan fingerprint density at radius 3 is 2.75 bits per heavy atom. The van der Waals surface area contributed by atoms with Gasteiger partial charge in [-0.2, -0.15) is 0 Å². The average molecular weight is 280 g/mol. The van der Waals surface area contributed by atoms with Crippen LogP contribution in [0.1, 0.15) is 38.5 Å². The van der Waals surface area contributed by atoms with Gasteiger partial charge in [0.25, 0.3) is 0 Å². The van der Waals surface area contributed by atoms with E-state index in [2.05, 4.69) is 20.5 Å². The van der Waals surface area contributed by atoms with Gasteiger partial charge in [-0.1, -0.05) is 6.42 Å². The summed E-state index contributed by atoms with van der Waals surface area (Å²) in [5.41, 5.74) is 0. The summed E-state index contributed by atoms with van der Waals surface area (Å²) in [6.45, 7) is 4.61. The maximum absolute atomic E-state index is 5.88. The fourth-order valence-electron chi connectivity index (χ4n) is 3.68. The number of nitrogens with one attached hydrogen (secondary N) is 2. The molecular weight excluding hydrogens is 252 g/mol. The molecule has 20 heavy (non-hydrogen) atoms. The van der Waals surface area contributed by atoms with E-state index in [4.69, 9.17) is 4.74 Å². The van der Waals surface area contributed by atoms with Crippen molar-refractivity contribution in [3.8, 4) is 0 Å². The number of guanidine groups is 1. The molecule has 3 fully saturated rings. The van der Waals surface area contributed by atoms with Crippen molar-refractivity contribution in [1.82, 2.24) is 15.5 Å². The van der Waals surface area contributed by atoms with Crippen molar-refractivity contribution in [1.29, 1.82) is 0 Å². The Hall–Kier alpha value is -0.810. The number of hydrogen-bond donors (Lipinski definition) is 2. The molecule has 3 saturated heterocycles. The van der Waals surface area contributed by atoms with Gasteiger partial charge < -0.3 is 20.3 Å². The molecule has 2 bridgehead atoms. The van der Waals surface area contributed by atoms with Gasteiger partial charge in [-0.3, -0.25) is 4.99 Å². The first-order valence-corrected chi connectivity index (χ1v) is 8.20. The third kappa shape index (κ3) is 3.44. The van der Waals surface area contributed by atoms with E-state index in [-0.39, 0.29) is 0 Å². The quantitative estimate of drug-likeness (QED) is 0.595. The van der Waals surface area contributed by atoms with Gasteiger partial charge in [0.2, 0.25) is 0 Å². The largest absolute Gasteiger partial charge is 0.373 e. The minimum absolute atomic E-state index is 0.403. The van der Waals surface area contributed by atoms with Crippen LogP contribution in [0.4, 0.5) is 0 Å². The summed E-state index contributed by atoms with van der Waals surface area (Å²) in [5, 5.41) is 6.97. The molecule has 5 heteroatoms. The molecule has 3 aliphatic rings. The summed E-state index contributed by atoms with van der Waals surface area (Å²) < 4.78 is 5.88. The van der Waals surface area contributed by atoms with Gasteiger partial charge in [0.15, 0.2) is 5.96 Å². The van der Waals surface area contributed by atoms with Crippen LogP contribution in [0.15, 0.2) is 4.99 Å². The van der Waals surface area contributed by atoms with Crippen molar-refractivity contribution in [2.24, 2.45) is 4.99 Å². The van der Waals surface area contributed by atoms with E-state index in [0.717, 1.165) is 25.5 Å². The maximum atomic E-state index is 5.88. The van der Waals surface area contributed by atoms with Gasteiger partial charge in [-0.05, 0) is 45.2 Å². The van der Waals surface area contributed by atoms with Crippen LogP contribution in [0.2, 0.25) is 0 Å². The molecule has 3 aliphatic heterocycles. The summed E-state index contributed by atoms with van der Waals surface area (Å²) in [6.07, 6.45) is 8.58. The topological polar surface area (TPSA) is 48.9 Å². The molecule has 0 aliphatic carbocycles. The normalized spacial score (nSPS) is 34.5. The number of rotatable bonds is 4. The summed E-state index contributed by atoms with van der Waals surface area (Å²) in [6, 6.07) is 0.454. The number of likely N-dealkylation sites (tertiary alicyclic amines) is 1. The minimum atomic E-state index is 0.403. The zero-order chi connectivity index (χ0) is 13.8. The Labute approximate surface area is 122 Å². The fraction of sp³-hybridized carbons (Fsp3) is 0.933. The molecule has 0 aromatic rings. The second kappa shape index (κ2) is 6.76. The van der Waals surface area contributed by atoms with E-state index in [9.17, 15) is 0 Å². The molecule has 0 amide bonds. The molecule has 3 unspecified atom stereocenters. The second-order valence-corrected chi connectivity index (χ2v) is 6.26. The second-order valence-electron chi connectivity index (χ2n) is 6.26. The highest BCUT2D eigenvalue weighted by Gasteiger charge is 2.41. The van der Waals surface area contributed by atoms with E-state index in [0.29, 0.717) is 18.2 Å². The number of fused-ring (bicyclic) bond motifs is 2. The van der Waals surface area contributed by atoms with Crippen LogP contribution in [0.5, 0.6) is 0 Å². The SMILES string of the molecule is CN=C(NCCN1CCCCC1)NC1CC2CCC1O2. The molecule has 114 valence electrons. The van der Waals surface area contributed by atoms with Gasteiger partial charge >= 0.3 is 0 Å². The molecule has 0 spiro atoms. The van der Waals surface area contributed by atoms with Gasteiger partial charge in [-0.25, -0.2) is 0 Å². The number of aliphatic imine (C=N–C) groups is 1. The van der Waals surface area contributed by atoms with E-state index < -0.39 is 0 Å². The van der Waals surface area contributed by atoms with E-state index in [1.54, 1.807) is 0 Å². The maximum Gasteiger partial charge on any atom is 0.191 e. The van der Waals surface area contributed by atoms with Gasteiger partial charge in [0.05, 0.1) is 18.2 Å². The molecule has 0 saturated carbocycles. The lowest BCUT2D eigenvalue weighted by atomic mass is 9.96. The standard InChI is InChI=1S/C15H28N4O/c1-16-15(17-7-10-19-8-3-2-4-9-19)18-13-11-12-5-6-14(13)20-12/h12-14H,2-11H2,1H3,(H2,16,17,18). The molecule has 0 radical (unpaired) electrons. The molecule has 3 heterocycles. The van der Waals surface area contributed by atoms with Crippen molar-refractivity contribution in [2.45, 2.75) is 56.8 Å². The zero-order valence-corrected chi connectivity index (χ0v) is 12.6. The average Bonchev–Trinajstić information content (AvgIpc) is 3.10. The first-order chi connectivity index (χ1) is 9.85. The van der Waals surface area contributed by atoms with Gasteiger partial charge in [-0.15, -0.1) is 0 Å². The van der Waals surface area contributed by atoms with Crippen LogP contribution < -0.4 is 10.6 Å². The number of ether oxygens (including phenoxy) is 1. The van der Waals surface area contributed by atoms with Crippen molar-refractivity contribution in [2.75, 3.05) is 33.2 Å². The summed E-state index contributed by atoms with van der Waals surface area (Å²) >= 11 is 0. The lowest BCUT2D eigenvalue weighted by molar-refractivity contribution is 0.0992. The third-order valence-electron chi connectivity index (χ3n) is 4.82. The monoisotopic (exact) mass is 280 g/mol. The molecular formula is C15H28N4O. The highest BCUT2D eigenvalue weighted by Crippen LogP contribution is 2.34. The van der Waals surface area contributed by atoms with Gasteiger partial charge in [0, 0.05) is 20.1 Å². The highest BCUT2D eigenvalue weighted by molar-refractivity contribution is 5.80. The fourth-order valence-corrected chi connectivity index (χ4v) is 3.68. The lowest BCUT2D eigenvalue weighted by Crippen LogP contribution is -2.49. The first kappa shape index (κ1) is 14.1. The predicted octanol–water partition coefficient (Wildman–Crippen LogP) is 0.957. The number of nitrogens with zero attached hydrogens (tertiary/aromatic N) is 2.